The summed E-state index contributed by atoms with van der Waals surface area (Å²) in [6.45, 7) is 0. The highest BCUT2D eigenvalue weighted by Gasteiger charge is 1.96. The number of benzene rings is 1. The first-order valence-electron chi connectivity index (χ1n) is 5.08. The Hall–Kier alpha value is -2.29. The lowest BCUT2D eigenvalue weighted by Gasteiger charge is -1.84. The molecule has 0 bridgehead atoms. The van der Waals surface area contributed by atoms with E-state index < -0.39 is 0 Å². The van der Waals surface area contributed by atoms with Crippen LogP contribution in [0, 0.1) is 0 Å². The molecule has 0 radical (unpaired) electrons. The normalized spacial score (nSPS) is 11.5. The summed E-state index contributed by atoms with van der Waals surface area (Å²) < 4.78 is 4.98. The van der Waals surface area contributed by atoms with Gasteiger partial charge in [-0.05, 0) is 29.7 Å². The molecule has 1 aromatic carbocycles. The van der Waals surface area contributed by atoms with Crippen molar-refractivity contribution in [2.24, 2.45) is 0 Å². The number of para-hydroxylation sites is 1. The van der Waals surface area contributed by atoms with Crippen molar-refractivity contribution in [2.45, 2.75) is 0 Å². The van der Waals surface area contributed by atoms with Gasteiger partial charge in [-0.15, -0.1) is 0 Å². The summed E-state index contributed by atoms with van der Waals surface area (Å²) in [7, 11) is 0. The van der Waals surface area contributed by atoms with Crippen molar-refractivity contribution in [2.75, 3.05) is 0 Å². The zero-order valence-corrected chi connectivity index (χ0v) is 8.55. The van der Waals surface area contributed by atoms with Gasteiger partial charge in [0.25, 0.3) is 0 Å². The highest BCUT2D eigenvalue weighted by atomic mass is 16.5. The smallest absolute Gasteiger partial charge is 0.159 e. The number of rotatable bonds is 2. The van der Waals surface area contributed by atoms with Crippen LogP contribution in [0.2, 0.25) is 0 Å². The lowest BCUT2D eigenvalue weighted by Crippen LogP contribution is -1.68. The van der Waals surface area contributed by atoms with Gasteiger partial charge in [-0.1, -0.05) is 23.4 Å². The van der Waals surface area contributed by atoms with E-state index in [9.17, 15) is 0 Å². The number of nitrogens with zero attached hydrogens (tertiary/aromatic N) is 1. The van der Waals surface area contributed by atoms with Gasteiger partial charge in [-0.3, -0.25) is 0 Å². The molecule has 3 heteroatoms. The Balaban J connectivity index is 1.95. The summed E-state index contributed by atoms with van der Waals surface area (Å²) in [4.78, 5) is 3.31. The number of H-pyrrole nitrogens is 1. The molecule has 0 spiro atoms. The van der Waals surface area contributed by atoms with E-state index in [1.54, 1.807) is 6.20 Å². The second kappa shape index (κ2) is 3.70. The highest BCUT2D eigenvalue weighted by molar-refractivity contribution is 5.83. The second-order valence-corrected chi connectivity index (χ2v) is 3.56. The monoisotopic (exact) mass is 210 g/mol. The molecule has 16 heavy (non-hydrogen) atoms. The van der Waals surface area contributed by atoms with Gasteiger partial charge >= 0.3 is 0 Å². The molecule has 0 aliphatic rings. The van der Waals surface area contributed by atoms with Crippen LogP contribution in [-0.2, 0) is 0 Å². The van der Waals surface area contributed by atoms with Gasteiger partial charge in [0.2, 0.25) is 0 Å². The Morgan fingerprint density at radius 3 is 2.88 bits per heavy atom. The summed E-state index contributed by atoms with van der Waals surface area (Å²) in [5.41, 5.74) is 2.19. The Morgan fingerprint density at radius 2 is 2.06 bits per heavy atom. The molecule has 78 valence electrons. The minimum absolute atomic E-state index is 0.749. The van der Waals surface area contributed by atoms with Gasteiger partial charge < -0.3 is 9.51 Å². The van der Waals surface area contributed by atoms with Gasteiger partial charge in [0.1, 0.15) is 0 Å². The minimum atomic E-state index is 0.749. The third-order valence-electron chi connectivity index (χ3n) is 2.44. The number of aromatic amines is 1. The van der Waals surface area contributed by atoms with Crippen molar-refractivity contribution >= 4 is 23.1 Å². The van der Waals surface area contributed by atoms with Crippen LogP contribution in [0.4, 0.5) is 0 Å². The Bertz CT molecular complexity index is 587. The fraction of sp³-hybridized carbons (Fsp3) is 0. The first kappa shape index (κ1) is 8.97. The Morgan fingerprint density at radius 1 is 1.12 bits per heavy atom. The number of fused-ring (bicyclic) bond motifs is 1. The fourth-order valence-electron chi connectivity index (χ4n) is 1.67. The number of hydrogen-bond acceptors (Lipinski definition) is 2. The van der Waals surface area contributed by atoms with E-state index in [2.05, 4.69) is 28.3 Å². The number of nitrogens with one attached hydrogen (secondary N) is 1. The molecular formula is C13H10N2O. The predicted octanol–water partition coefficient (Wildman–Crippen LogP) is 3.33. The van der Waals surface area contributed by atoms with Crippen LogP contribution in [0.25, 0.3) is 23.1 Å². The molecule has 3 aromatic rings. The van der Waals surface area contributed by atoms with Gasteiger partial charge in [0.05, 0.1) is 6.20 Å². The molecule has 0 amide bonds. The van der Waals surface area contributed by atoms with E-state index >= 15 is 0 Å². The third kappa shape index (κ3) is 1.63. The van der Waals surface area contributed by atoms with Crippen LogP contribution < -0.4 is 0 Å². The molecule has 3 rings (SSSR count). The molecule has 0 unspecified atom stereocenters. The molecule has 3 nitrogen and oxygen atoms in total. The van der Waals surface area contributed by atoms with E-state index in [4.69, 9.17) is 4.52 Å². The van der Waals surface area contributed by atoms with E-state index in [1.807, 2.05) is 30.4 Å². The average Bonchev–Trinajstić information content (AvgIpc) is 2.95. The van der Waals surface area contributed by atoms with Gasteiger partial charge in [0, 0.05) is 17.3 Å². The molecule has 1 N–H and O–H groups in total. The molecule has 2 heterocycles. The van der Waals surface area contributed by atoms with Crippen LogP contribution in [0.15, 0.2) is 47.1 Å². The first-order valence-corrected chi connectivity index (χ1v) is 5.08. The lowest BCUT2D eigenvalue weighted by molar-refractivity contribution is 0.413. The fourth-order valence-corrected chi connectivity index (χ4v) is 1.67. The SMILES string of the molecule is C(=C\c1ccno1)/c1cc2ccccc2[nH]1. The van der Waals surface area contributed by atoms with E-state index in [1.165, 1.54) is 5.39 Å². The Kier molecular flexibility index (Phi) is 2.07. The van der Waals surface area contributed by atoms with E-state index in [0.717, 1.165) is 17.0 Å². The van der Waals surface area contributed by atoms with Crippen LogP contribution in [0.5, 0.6) is 0 Å². The van der Waals surface area contributed by atoms with Crippen LogP contribution in [-0.4, -0.2) is 10.1 Å². The average molecular weight is 210 g/mol. The summed E-state index contributed by atoms with van der Waals surface area (Å²) >= 11 is 0. The van der Waals surface area contributed by atoms with Gasteiger partial charge in [0.15, 0.2) is 5.76 Å². The summed E-state index contributed by atoms with van der Waals surface area (Å²) in [6, 6.07) is 12.1. The molecular weight excluding hydrogens is 200 g/mol. The maximum absolute atomic E-state index is 4.98. The highest BCUT2D eigenvalue weighted by Crippen LogP contribution is 2.16. The predicted molar refractivity (Wildman–Crippen MR) is 63.7 cm³/mol. The largest absolute Gasteiger partial charge is 0.357 e. The molecule has 0 saturated carbocycles. The first-order chi connectivity index (χ1) is 7.92. The quantitative estimate of drug-likeness (QED) is 0.704. The molecule has 0 aliphatic carbocycles. The number of hydrogen-bond donors (Lipinski definition) is 1. The lowest BCUT2D eigenvalue weighted by atomic mass is 10.2. The zero-order chi connectivity index (χ0) is 10.8. The maximum atomic E-state index is 4.98. The van der Waals surface area contributed by atoms with Gasteiger partial charge in [-0.25, -0.2) is 0 Å². The van der Waals surface area contributed by atoms with Crippen LogP contribution in [0.3, 0.4) is 0 Å². The molecule has 0 aliphatic heterocycles. The van der Waals surface area contributed by atoms with Crippen molar-refractivity contribution in [3.63, 3.8) is 0 Å². The van der Waals surface area contributed by atoms with E-state index in [-0.39, 0.29) is 0 Å². The molecule has 2 aromatic heterocycles. The van der Waals surface area contributed by atoms with Crippen molar-refractivity contribution in [3.05, 3.63) is 54.0 Å². The van der Waals surface area contributed by atoms with E-state index in [0.29, 0.717) is 0 Å². The van der Waals surface area contributed by atoms with Crippen molar-refractivity contribution in [1.82, 2.24) is 10.1 Å². The van der Waals surface area contributed by atoms with Crippen molar-refractivity contribution in [1.29, 1.82) is 0 Å². The summed E-state index contributed by atoms with van der Waals surface area (Å²) in [5.74, 6) is 0.749. The van der Waals surface area contributed by atoms with Crippen LogP contribution >= 0.6 is 0 Å². The zero-order valence-electron chi connectivity index (χ0n) is 8.55. The third-order valence-corrected chi connectivity index (χ3v) is 2.44. The molecule has 0 fully saturated rings. The Labute approximate surface area is 92.4 Å². The molecule has 0 saturated heterocycles. The molecule has 0 atom stereocenters. The minimum Gasteiger partial charge on any atom is -0.357 e. The number of aromatic nitrogens is 2. The van der Waals surface area contributed by atoms with Crippen LogP contribution in [0.1, 0.15) is 11.5 Å². The summed E-state index contributed by atoms with van der Waals surface area (Å²) in [6.07, 6.45) is 5.49. The maximum Gasteiger partial charge on any atom is 0.159 e. The second-order valence-electron chi connectivity index (χ2n) is 3.56. The topological polar surface area (TPSA) is 41.8 Å². The van der Waals surface area contributed by atoms with Crippen molar-refractivity contribution < 1.29 is 4.52 Å². The standard InChI is InChI=1S/C13H10N2O/c1-2-4-13-10(3-1)9-11(15-13)5-6-12-7-8-14-16-12/h1-9,15H/b6-5+. The van der Waals surface area contributed by atoms with Crippen molar-refractivity contribution in [3.8, 4) is 0 Å². The van der Waals surface area contributed by atoms with Gasteiger partial charge in [-0.2, -0.15) is 0 Å². The summed E-state index contributed by atoms with van der Waals surface area (Å²) in [5, 5.41) is 4.85.